The predicted octanol–water partition coefficient (Wildman–Crippen LogP) is 1.99. The molecule has 1 amide bonds. The average Bonchev–Trinajstić information content (AvgIpc) is 2.34. The van der Waals surface area contributed by atoms with E-state index < -0.39 is 16.9 Å². The lowest BCUT2D eigenvalue weighted by atomic mass is 10.0. The molecule has 1 atom stereocenters. The molecule has 6 nitrogen and oxygen atoms in total. The highest BCUT2D eigenvalue weighted by Gasteiger charge is 2.25. The third-order valence-corrected chi connectivity index (χ3v) is 3.05. The molecule has 0 fully saturated rings. The van der Waals surface area contributed by atoms with E-state index in [9.17, 15) is 14.9 Å². The molecule has 1 rings (SSSR count). The highest BCUT2D eigenvalue weighted by Crippen LogP contribution is 2.26. The van der Waals surface area contributed by atoms with Crippen molar-refractivity contribution in [1.29, 1.82) is 0 Å². The van der Waals surface area contributed by atoms with Crippen LogP contribution in [-0.4, -0.2) is 28.6 Å². The smallest absolute Gasteiger partial charge is 0.283 e. The van der Waals surface area contributed by atoms with E-state index in [1.54, 1.807) is 0 Å². The van der Waals surface area contributed by atoms with Gasteiger partial charge in [-0.05, 0) is 12.0 Å². The summed E-state index contributed by atoms with van der Waals surface area (Å²) < 4.78 is 0. The molecular weight excluding hydrogens is 272 g/mol. The summed E-state index contributed by atoms with van der Waals surface area (Å²) in [6, 6.07) is 3.54. The van der Waals surface area contributed by atoms with E-state index in [0.29, 0.717) is 0 Å². The normalized spacial score (nSPS) is 12.3. The van der Waals surface area contributed by atoms with E-state index in [1.165, 1.54) is 18.2 Å². The van der Waals surface area contributed by atoms with Crippen molar-refractivity contribution < 1.29 is 14.8 Å². The molecule has 0 heterocycles. The molecule has 7 heteroatoms. The molecule has 0 radical (unpaired) electrons. The molecule has 2 N–H and O–H groups in total. The molecule has 0 aliphatic carbocycles. The third kappa shape index (κ3) is 3.65. The maximum absolute atomic E-state index is 12.1. The Morgan fingerprint density at radius 1 is 1.53 bits per heavy atom. The summed E-state index contributed by atoms with van der Waals surface area (Å²) in [6.07, 6.45) is 0. The molecule has 0 aliphatic rings. The van der Waals surface area contributed by atoms with Crippen LogP contribution in [-0.2, 0) is 0 Å². The van der Waals surface area contributed by atoms with Gasteiger partial charge in [0.25, 0.3) is 11.6 Å². The Balaban J connectivity index is 3.09. The van der Waals surface area contributed by atoms with Crippen LogP contribution in [0.25, 0.3) is 0 Å². The van der Waals surface area contributed by atoms with Crippen LogP contribution < -0.4 is 5.32 Å². The quantitative estimate of drug-likeness (QED) is 0.639. The van der Waals surface area contributed by atoms with Gasteiger partial charge in [0.15, 0.2) is 0 Å². The second-order valence-electron chi connectivity index (χ2n) is 4.40. The summed E-state index contributed by atoms with van der Waals surface area (Å²) >= 11 is 5.85. The van der Waals surface area contributed by atoms with E-state index in [-0.39, 0.29) is 28.8 Å². The number of nitro groups is 1. The fraction of sp³-hybridized carbons (Fsp3) is 0.417. The Kier molecular flexibility index (Phi) is 5.26. The van der Waals surface area contributed by atoms with Gasteiger partial charge in [-0.1, -0.05) is 31.5 Å². The van der Waals surface area contributed by atoms with Crippen molar-refractivity contribution in [1.82, 2.24) is 5.32 Å². The Morgan fingerprint density at radius 2 is 2.16 bits per heavy atom. The van der Waals surface area contributed by atoms with Crippen molar-refractivity contribution in [3.63, 3.8) is 0 Å². The van der Waals surface area contributed by atoms with E-state index in [0.717, 1.165) is 0 Å². The molecule has 104 valence electrons. The molecule has 19 heavy (non-hydrogen) atoms. The van der Waals surface area contributed by atoms with Gasteiger partial charge in [-0.3, -0.25) is 14.9 Å². The number of aliphatic hydroxyl groups is 1. The van der Waals surface area contributed by atoms with Crippen LogP contribution in [0.2, 0.25) is 5.02 Å². The van der Waals surface area contributed by atoms with Crippen LogP contribution in [0.3, 0.4) is 0 Å². The summed E-state index contributed by atoms with van der Waals surface area (Å²) in [7, 11) is 0. The third-order valence-electron chi connectivity index (χ3n) is 2.73. The summed E-state index contributed by atoms with van der Waals surface area (Å²) in [5.41, 5.74) is -0.543. The van der Waals surface area contributed by atoms with E-state index >= 15 is 0 Å². The fourth-order valence-corrected chi connectivity index (χ4v) is 1.81. The number of amides is 1. The van der Waals surface area contributed by atoms with Crippen LogP contribution in [0.1, 0.15) is 24.2 Å². The van der Waals surface area contributed by atoms with Crippen molar-refractivity contribution >= 4 is 23.2 Å². The molecule has 0 saturated carbocycles. The standard InChI is InChI=1S/C12H15ClN2O4/c1-7(2)9(6-16)14-12(17)11-8(13)4-3-5-10(11)15(18)19/h3-5,7,9,16H,6H2,1-2H3,(H,14,17). The minimum Gasteiger partial charge on any atom is -0.394 e. The van der Waals surface area contributed by atoms with Gasteiger partial charge >= 0.3 is 0 Å². The minimum absolute atomic E-state index is 0.00417. The first kappa shape index (κ1) is 15.4. The van der Waals surface area contributed by atoms with Gasteiger partial charge in [-0.15, -0.1) is 0 Å². The zero-order valence-corrected chi connectivity index (χ0v) is 11.3. The molecule has 0 spiro atoms. The van der Waals surface area contributed by atoms with Crippen molar-refractivity contribution in [2.24, 2.45) is 5.92 Å². The topological polar surface area (TPSA) is 92.5 Å². The Hall–Kier alpha value is -1.66. The first-order chi connectivity index (χ1) is 8.88. The Morgan fingerprint density at radius 3 is 2.63 bits per heavy atom. The SMILES string of the molecule is CC(C)C(CO)NC(=O)c1c(Cl)cccc1[N+](=O)[O-]. The number of rotatable bonds is 5. The zero-order valence-electron chi connectivity index (χ0n) is 10.6. The Bertz CT molecular complexity index is 491. The second-order valence-corrected chi connectivity index (χ2v) is 4.80. The first-order valence-corrected chi connectivity index (χ1v) is 6.11. The van der Waals surface area contributed by atoms with Crippen LogP contribution in [0.15, 0.2) is 18.2 Å². The number of benzene rings is 1. The lowest BCUT2D eigenvalue weighted by Gasteiger charge is -2.20. The Labute approximate surface area is 115 Å². The number of aliphatic hydroxyl groups excluding tert-OH is 1. The van der Waals surface area contributed by atoms with Crippen molar-refractivity contribution in [3.05, 3.63) is 38.9 Å². The highest BCUT2D eigenvalue weighted by atomic mass is 35.5. The van der Waals surface area contributed by atoms with Crippen LogP contribution >= 0.6 is 11.6 Å². The average molecular weight is 287 g/mol. The number of carbonyl (C=O) groups is 1. The molecule has 0 aromatic heterocycles. The van der Waals surface area contributed by atoms with Crippen LogP contribution in [0, 0.1) is 16.0 Å². The maximum atomic E-state index is 12.1. The number of nitrogens with zero attached hydrogens (tertiary/aromatic N) is 1. The van der Waals surface area contributed by atoms with Crippen molar-refractivity contribution in [3.8, 4) is 0 Å². The number of halogens is 1. The molecule has 1 aromatic carbocycles. The van der Waals surface area contributed by atoms with Crippen LogP contribution in [0.4, 0.5) is 5.69 Å². The number of hydrogen-bond acceptors (Lipinski definition) is 4. The largest absolute Gasteiger partial charge is 0.394 e. The van der Waals surface area contributed by atoms with Crippen molar-refractivity contribution in [2.45, 2.75) is 19.9 Å². The summed E-state index contributed by atoms with van der Waals surface area (Å²) in [5.74, 6) is -0.666. The first-order valence-electron chi connectivity index (χ1n) is 5.73. The molecule has 0 saturated heterocycles. The lowest BCUT2D eigenvalue weighted by molar-refractivity contribution is -0.385. The molecule has 0 bridgehead atoms. The zero-order chi connectivity index (χ0) is 14.6. The summed E-state index contributed by atoms with van der Waals surface area (Å²) in [6.45, 7) is 3.39. The number of nitro benzene ring substituents is 1. The second kappa shape index (κ2) is 6.49. The lowest BCUT2D eigenvalue weighted by Crippen LogP contribution is -2.41. The van der Waals surface area contributed by atoms with E-state index in [2.05, 4.69) is 5.32 Å². The van der Waals surface area contributed by atoms with Gasteiger partial charge < -0.3 is 10.4 Å². The van der Waals surface area contributed by atoms with Gasteiger partial charge in [0.1, 0.15) is 5.56 Å². The summed E-state index contributed by atoms with van der Waals surface area (Å²) in [4.78, 5) is 22.3. The van der Waals surface area contributed by atoms with E-state index in [1.807, 2.05) is 13.8 Å². The van der Waals surface area contributed by atoms with Crippen molar-refractivity contribution in [2.75, 3.05) is 6.61 Å². The fourth-order valence-electron chi connectivity index (χ4n) is 1.55. The van der Waals surface area contributed by atoms with Crippen LogP contribution in [0.5, 0.6) is 0 Å². The van der Waals surface area contributed by atoms with Gasteiger partial charge in [-0.2, -0.15) is 0 Å². The monoisotopic (exact) mass is 286 g/mol. The summed E-state index contributed by atoms with van der Waals surface area (Å²) in [5, 5.41) is 22.6. The molecule has 1 aromatic rings. The molecule has 0 aliphatic heterocycles. The van der Waals surface area contributed by atoms with Gasteiger partial charge in [0.05, 0.1) is 22.6 Å². The predicted molar refractivity (Wildman–Crippen MR) is 71.3 cm³/mol. The van der Waals surface area contributed by atoms with Gasteiger partial charge in [0, 0.05) is 6.07 Å². The van der Waals surface area contributed by atoms with Gasteiger partial charge in [0.2, 0.25) is 0 Å². The molecular formula is C12H15ClN2O4. The van der Waals surface area contributed by atoms with E-state index in [4.69, 9.17) is 16.7 Å². The van der Waals surface area contributed by atoms with Gasteiger partial charge in [-0.25, -0.2) is 0 Å². The highest BCUT2D eigenvalue weighted by molar-refractivity contribution is 6.34. The number of carbonyl (C=O) groups excluding carboxylic acids is 1. The maximum Gasteiger partial charge on any atom is 0.283 e. The molecule has 1 unspecified atom stereocenters. The number of hydrogen-bond donors (Lipinski definition) is 2. The minimum atomic E-state index is -0.663. The number of nitrogens with one attached hydrogen (secondary N) is 1.